The molecular weight excluding hydrogens is 397 g/mol. The average Bonchev–Trinajstić information content (AvgIpc) is 2.55. The highest BCUT2D eigenvalue weighted by molar-refractivity contribution is 6.32. The topological polar surface area (TPSA) is 50.7 Å². The summed E-state index contributed by atoms with van der Waals surface area (Å²) in [7, 11) is 0. The van der Waals surface area contributed by atoms with Gasteiger partial charge >= 0.3 is 0 Å². The van der Waals surface area contributed by atoms with Gasteiger partial charge in [0, 0.05) is 23.7 Å². The summed E-state index contributed by atoms with van der Waals surface area (Å²) in [4.78, 5) is 0. The van der Waals surface area contributed by atoms with Crippen molar-refractivity contribution in [3.8, 4) is 11.5 Å². The molecule has 0 bridgehead atoms. The Bertz CT molecular complexity index is 696. The summed E-state index contributed by atoms with van der Waals surface area (Å²) >= 11 is 12.6. The van der Waals surface area contributed by atoms with Crippen LogP contribution in [0.25, 0.3) is 0 Å². The summed E-state index contributed by atoms with van der Waals surface area (Å²) in [6, 6.07) is 11.2. The maximum Gasteiger partial charge on any atom is 0.180 e. The van der Waals surface area contributed by atoms with Gasteiger partial charge in [0.15, 0.2) is 11.5 Å². The predicted molar refractivity (Wildman–Crippen MR) is 109 cm³/mol. The number of ether oxygens (including phenoxy) is 2. The van der Waals surface area contributed by atoms with Crippen molar-refractivity contribution in [1.82, 2.24) is 5.32 Å². The van der Waals surface area contributed by atoms with Gasteiger partial charge in [-0.1, -0.05) is 41.4 Å². The maximum atomic E-state index is 9.32. The normalized spacial score (nSPS) is 11.6. The van der Waals surface area contributed by atoms with Gasteiger partial charge in [0.2, 0.25) is 0 Å². The quantitative estimate of drug-likeness (QED) is 0.608. The number of rotatable bonds is 9. The van der Waals surface area contributed by atoms with Crippen molar-refractivity contribution in [2.45, 2.75) is 33.1 Å². The second kappa shape index (κ2) is 11.5. The molecule has 0 spiro atoms. The molecule has 0 aliphatic rings. The zero-order valence-corrected chi connectivity index (χ0v) is 17.1. The summed E-state index contributed by atoms with van der Waals surface area (Å²) in [5, 5.41) is 13.6. The summed E-state index contributed by atoms with van der Waals surface area (Å²) < 4.78 is 11.6. The first kappa shape index (κ1) is 22.9. The standard InChI is InChI=1S/C19H23Cl2NO3.ClH/c1-3-24-18-9-14(11-22-10-13(2)23)8-17(21)19(18)25-12-15-6-4-5-7-16(15)20;/h4-9,13,22-23H,3,10-12H2,1-2H3;1H. The van der Waals surface area contributed by atoms with Crippen LogP contribution in [0.1, 0.15) is 25.0 Å². The largest absolute Gasteiger partial charge is 0.490 e. The molecule has 2 aromatic carbocycles. The fourth-order valence-electron chi connectivity index (χ4n) is 2.32. The average molecular weight is 421 g/mol. The van der Waals surface area contributed by atoms with Crippen molar-refractivity contribution >= 4 is 35.6 Å². The van der Waals surface area contributed by atoms with E-state index in [1.165, 1.54) is 0 Å². The number of halogens is 3. The van der Waals surface area contributed by atoms with Crippen LogP contribution in [0.2, 0.25) is 10.0 Å². The van der Waals surface area contributed by atoms with Crippen molar-refractivity contribution in [3.05, 3.63) is 57.6 Å². The number of aliphatic hydroxyl groups is 1. The molecule has 0 fully saturated rings. The van der Waals surface area contributed by atoms with Crippen LogP contribution in [0.15, 0.2) is 36.4 Å². The Morgan fingerprint density at radius 3 is 2.50 bits per heavy atom. The molecule has 2 N–H and O–H groups in total. The molecule has 0 aliphatic heterocycles. The van der Waals surface area contributed by atoms with Crippen LogP contribution < -0.4 is 14.8 Å². The highest BCUT2D eigenvalue weighted by Gasteiger charge is 2.13. The molecule has 0 aromatic heterocycles. The van der Waals surface area contributed by atoms with Crippen LogP contribution in [-0.4, -0.2) is 24.4 Å². The van der Waals surface area contributed by atoms with Gasteiger partial charge in [-0.25, -0.2) is 0 Å². The van der Waals surface area contributed by atoms with Gasteiger partial charge in [0.25, 0.3) is 0 Å². The molecule has 7 heteroatoms. The third-order valence-corrected chi connectivity index (χ3v) is 4.12. The smallest absolute Gasteiger partial charge is 0.180 e. The molecule has 0 amide bonds. The van der Waals surface area contributed by atoms with Crippen LogP contribution in [-0.2, 0) is 13.2 Å². The van der Waals surface area contributed by atoms with Gasteiger partial charge in [0.05, 0.1) is 17.7 Å². The van der Waals surface area contributed by atoms with Crippen LogP contribution in [0.3, 0.4) is 0 Å². The van der Waals surface area contributed by atoms with E-state index in [1.807, 2.05) is 43.3 Å². The van der Waals surface area contributed by atoms with Crippen LogP contribution in [0.4, 0.5) is 0 Å². The molecule has 0 aliphatic carbocycles. The van der Waals surface area contributed by atoms with Crippen molar-refractivity contribution < 1.29 is 14.6 Å². The Hall–Kier alpha value is -1.17. The number of benzene rings is 2. The first-order chi connectivity index (χ1) is 12.0. The van der Waals surface area contributed by atoms with E-state index >= 15 is 0 Å². The predicted octanol–water partition coefficient (Wildman–Crippen LogP) is 4.86. The maximum absolute atomic E-state index is 9.32. The minimum absolute atomic E-state index is 0. The third-order valence-electron chi connectivity index (χ3n) is 3.47. The van der Waals surface area contributed by atoms with Gasteiger partial charge in [-0.2, -0.15) is 0 Å². The van der Waals surface area contributed by atoms with Crippen LogP contribution in [0, 0.1) is 0 Å². The lowest BCUT2D eigenvalue weighted by Gasteiger charge is -2.16. The van der Waals surface area contributed by atoms with Crippen LogP contribution in [0.5, 0.6) is 11.5 Å². The highest BCUT2D eigenvalue weighted by atomic mass is 35.5. The highest BCUT2D eigenvalue weighted by Crippen LogP contribution is 2.37. The van der Waals surface area contributed by atoms with E-state index in [9.17, 15) is 5.11 Å². The zero-order chi connectivity index (χ0) is 18.2. The molecule has 0 heterocycles. The Morgan fingerprint density at radius 2 is 1.85 bits per heavy atom. The zero-order valence-electron chi connectivity index (χ0n) is 14.8. The van der Waals surface area contributed by atoms with E-state index in [1.54, 1.807) is 6.92 Å². The Morgan fingerprint density at radius 1 is 1.12 bits per heavy atom. The van der Waals surface area contributed by atoms with Crippen molar-refractivity contribution in [3.63, 3.8) is 0 Å². The molecule has 26 heavy (non-hydrogen) atoms. The molecular formula is C19H24Cl3NO3. The van der Waals surface area contributed by atoms with Crippen molar-refractivity contribution in [2.24, 2.45) is 0 Å². The summed E-state index contributed by atoms with van der Waals surface area (Å²) in [6.07, 6.45) is -0.403. The first-order valence-electron chi connectivity index (χ1n) is 8.21. The van der Waals surface area contributed by atoms with Crippen LogP contribution >= 0.6 is 35.6 Å². The lowest BCUT2D eigenvalue weighted by molar-refractivity contribution is 0.191. The molecule has 0 radical (unpaired) electrons. The first-order valence-corrected chi connectivity index (χ1v) is 8.97. The second-order valence-electron chi connectivity index (χ2n) is 5.70. The summed E-state index contributed by atoms with van der Waals surface area (Å²) in [5.74, 6) is 1.10. The van der Waals surface area contributed by atoms with E-state index < -0.39 is 6.10 Å². The Labute approximate surface area is 170 Å². The minimum atomic E-state index is -0.403. The molecule has 1 atom stereocenters. The molecule has 2 rings (SSSR count). The molecule has 4 nitrogen and oxygen atoms in total. The number of nitrogens with one attached hydrogen (secondary N) is 1. The van der Waals surface area contributed by atoms with Crippen molar-refractivity contribution in [2.75, 3.05) is 13.2 Å². The van der Waals surface area contributed by atoms with Gasteiger partial charge in [0.1, 0.15) is 6.61 Å². The molecule has 144 valence electrons. The molecule has 2 aromatic rings. The Balaban J connectivity index is 0.00000338. The minimum Gasteiger partial charge on any atom is -0.490 e. The van der Waals surface area contributed by atoms with E-state index in [0.717, 1.165) is 11.1 Å². The molecule has 0 saturated heterocycles. The number of hydrogen-bond acceptors (Lipinski definition) is 4. The van der Waals surface area contributed by atoms with Gasteiger partial charge in [-0.3, -0.25) is 0 Å². The lowest BCUT2D eigenvalue weighted by atomic mass is 10.2. The molecule has 1 unspecified atom stereocenters. The van der Waals surface area contributed by atoms with Crippen molar-refractivity contribution in [1.29, 1.82) is 0 Å². The second-order valence-corrected chi connectivity index (χ2v) is 6.51. The number of aliphatic hydroxyl groups excluding tert-OH is 1. The summed E-state index contributed by atoms with van der Waals surface area (Å²) in [6.45, 7) is 5.53. The van der Waals surface area contributed by atoms with E-state index in [0.29, 0.717) is 47.8 Å². The molecule has 0 saturated carbocycles. The number of hydrogen-bond donors (Lipinski definition) is 2. The summed E-state index contributed by atoms with van der Waals surface area (Å²) in [5.41, 5.74) is 1.84. The fraction of sp³-hybridized carbons (Fsp3) is 0.368. The van der Waals surface area contributed by atoms with E-state index in [-0.39, 0.29) is 12.4 Å². The lowest BCUT2D eigenvalue weighted by Crippen LogP contribution is -2.23. The third kappa shape index (κ3) is 6.86. The fourth-order valence-corrected chi connectivity index (χ4v) is 2.80. The van der Waals surface area contributed by atoms with E-state index in [4.69, 9.17) is 32.7 Å². The van der Waals surface area contributed by atoms with Gasteiger partial charge < -0.3 is 19.9 Å². The SMILES string of the molecule is CCOc1cc(CNCC(C)O)cc(Cl)c1OCc1ccccc1Cl.Cl. The monoisotopic (exact) mass is 419 g/mol. The van der Waals surface area contributed by atoms with E-state index in [2.05, 4.69) is 5.32 Å². The van der Waals surface area contributed by atoms with Gasteiger partial charge in [-0.15, -0.1) is 12.4 Å². The Kier molecular flexibility index (Phi) is 10.1. The van der Waals surface area contributed by atoms with Gasteiger partial charge in [-0.05, 0) is 37.6 Å².